The minimum absolute atomic E-state index is 0.132. The lowest BCUT2D eigenvalue weighted by Crippen LogP contribution is -2.37. The van der Waals surface area contributed by atoms with E-state index < -0.39 is 35.6 Å². The number of ether oxygens (including phenoxy) is 2. The monoisotopic (exact) mass is 400 g/mol. The van der Waals surface area contributed by atoms with E-state index in [0.717, 1.165) is 11.6 Å². The van der Waals surface area contributed by atoms with E-state index in [-0.39, 0.29) is 18.7 Å². The predicted octanol–water partition coefficient (Wildman–Crippen LogP) is 2.51. The Kier molecular flexibility index (Phi) is 6.11. The number of amides is 2. The molecule has 0 radical (unpaired) electrons. The molecular weight excluding hydrogens is 379 g/mol. The van der Waals surface area contributed by atoms with E-state index in [1.165, 1.54) is 26.2 Å². The van der Waals surface area contributed by atoms with Crippen LogP contribution in [0, 0.1) is 5.82 Å². The third kappa shape index (κ3) is 4.71. The SMILES string of the molecule is COc1ccccc1CNC(=O)[C@@H](C)OC(=O)[C@@H]1CC(=O)Nc2cc(F)ccc21. The molecule has 2 amide bonds. The van der Waals surface area contributed by atoms with E-state index in [1.54, 1.807) is 6.07 Å². The van der Waals surface area contributed by atoms with Crippen LogP contribution in [-0.2, 0) is 25.7 Å². The van der Waals surface area contributed by atoms with Gasteiger partial charge in [0.2, 0.25) is 5.91 Å². The number of anilines is 1. The highest BCUT2D eigenvalue weighted by Crippen LogP contribution is 2.33. The molecule has 0 aromatic heterocycles. The number of hydrogen-bond donors (Lipinski definition) is 2. The number of nitrogens with one attached hydrogen (secondary N) is 2. The van der Waals surface area contributed by atoms with Gasteiger partial charge in [-0.1, -0.05) is 24.3 Å². The number of halogens is 1. The van der Waals surface area contributed by atoms with Gasteiger partial charge >= 0.3 is 5.97 Å². The van der Waals surface area contributed by atoms with Crippen molar-refractivity contribution in [3.63, 3.8) is 0 Å². The van der Waals surface area contributed by atoms with E-state index in [0.29, 0.717) is 11.3 Å². The molecule has 8 heteroatoms. The molecule has 0 saturated heterocycles. The molecule has 3 rings (SSSR count). The Bertz CT molecular complexity index is 946. The summed E-state index contributed by atoms with van der Waals surface area (Å²) in [5.41, 5.74) is 1.47. The van der Waals surface area contributed by atoms with Crippen molar-refractivity contribution in [2.45, 2.75) is 31.9 Å². The first-order chi connectivity index (χ1) is 13.9. The number of methoxy groups -OCH3 is 1. The molecule has 2 aromatic carbocycles. The molecule has 0 saturated carbocycles. The standard InChI is InChI=1S/C21H21FN2O5/c1-12(20(26)23-11-13-5-3-4-6-18(13)28-2)29-21(27)16-10-19(25)24-17-9-14(22)7-8-15(16)17/h3-9,12,16H,10-11H2,1-2H3,(H,23,26)(H,24,25)/t12-,16-/m1/s1. The van der Waals surface area contributed by atoms with Crippen LogP contribution >= 0.6 is 0 Å². The Balaban J connectivity index is 1.63. The van der Waals surface area contributed by atoms with E-state index >= 15 is 0 Å². The average molecular weight is 400 g/mol. The first-order valence-electron chi connectivity index (χ1n) is 9.08. The Morgan fingerprint density at radius 3 is 2.79 bits per heavy atom. The molecule has 1 heterocycles. The zero-order valence-corrected chi connectivity index (χ0v) is 16.0. The Hall–Kier alpha value is -3.42. The lowest BCUT2D eigenvalue weighted by atomic mass is 9.90. The van der Waals surface area contributed by atoms with Gasteiger partial charge in [0.25, 0.3) is 5.91 Å². The molecule has 0 unspecified atom stereocenters. The Morgan fingerprint density at radius 1 is 1.28 bits per heavy atom. The molecular formula is C21H21FN2O5. The van der Waals surface area contributed by atoms with Gasteiger partial charge in [0.1, 0.15) is 11.6 Å². The number of hydrogen-bond acceptors (Lipinski definition) is 5. The van der Waals surface area contributed by atoms with Crippen molar-refractivity contribution in [1.29, 1.82) is 0 Å². The molecule has 0 fully saturated rings. The molecule has 0 aliphatic carbocycles. The molecule has 0 spiro atoms. The van der Waals surface area contributed by atoms with E-state index in [9.17, 15) is 18.8 Å². The second-order valence-electron chi connectivity index (χ2n) is 6.65. The highest BCUT2D eigenvalue weighted by atomic mass is 19.1. The van der Waals surface area contributed by atoms with Gasteiger partial charge in [-0.3, -0.25) is 14.4 Å². The predicted molar refractivity (Wildman–Crippen MR) is 103 cm³/mol. The van der Waals surface area contributed by atoms with Crippen molar-refractivity contribution in [2.24, 2.45) is 0 Å². The molecule has 0 bridgehead atoms. The topological polar surface area (TPSA) is 93.7 Å². The lowest BCUT2D eigenvalue weighted by molar-refractivity contribution is -0.157. The van der Waals surface area contributed by atoms with Crippen molar-refractivity contribution >= 4 is 23.5 Å². The van der Waals surface area contributed by atoms with Gasteiger partial charge in [-0.05, 0) is 30.7 Å². The van der Waals surface area contributed by atoms with Crippen molar-refractivity contribution in [3.05, 3.63) is 59.4 Å². The summed E-state index contributed by atoms with van der Waals surface area (Å²) in [6, 6.07) is 11.0. The van der Waals surface area contributed by atoms with Crippen molar-refractivity contribution in [1.82, 2.24) is 5.32 Å². The number of para-hydroxylation sites is 1. The molecule has 7 nitrogen and oxygen atoms in total. The van der Waals surface area contributed by atoms with Crippen molar-refractivity contribution < 1.29 is 28.2 Å². The summed E-state index contributed by atoms with van der Waals surface area (Å²) >= 11 is 0. The van der Waals surface area contributed by atoms with E-state index in [1.807, 2.05) is 18.2 Å². The number of carbonyl (C=O) groups excluding carboxylic acids is 3. The number of fused-ring (bicyclic) bond motifs is 1. The molecule has 2 N–H and O–H groups in total. The fourth-order valence-electron chi connectivity index (χ4n) is 3.13. The summed E-state index contributed by atoms with van der Waals surface area (Å²) in [5.74, 6) is -2.41. The third-order valence-corrected chi connectivity index (χ3v) is 4.65. The van der Waals surface area contributed by atoms with Gasteiger partial charge in [-0.2, -0.15) is 0 Å². The molecule has 152 valence electrons. The van der Waals surface area contributed by atoms with Gasteiger partial charge in [-0.15, -0.1) is 0 Å². The molecule has 1 aliphatic heterocycles. The summed E-state index contributed by atoms with van der Waals surface area (Å²) in [6.07, 6.45) is -1.20. The van der Waals surface area contributed by atoms with Crippen LogP contribution in [0.5, 0.6) is 5.75 Å². The summed E-state index contributed by atoms with van der Waals surface area (Å²) < 4.78 is 23.9. The number of carbonyl (C=O) groups is 3. The number of rotatable bonds is 6. The normalized spacial score (nSPS) is 16.2. The highest BCUT2D eigenvalue weighted by Gasteiger charge is 2.33. The highest BCUT2D eigenvalue weighted by molar-refractivity contribution is 6.00. The van der Waals surface area contributed by atoms with Gasteiger partial charge in [0.05, 0.1) is 13.0 Å². The first-order valence-corrected chi connectivity index (χ1v) is 9.08. The summed E-state index contributed by atoms with van der Waals surface area (Å²) in [7, 11) is 1.54. The summed E-state index contributed by atoms with van der Waals surface area (Å²) in [6.45, 7) is 1.66. The Morgan fingerprint density at radius 2 is 2.03 bits per heavy atom. The van der Waals surface area contributed by atoms with Crippen molar-refractivity contribution in [2.75, 3.05) is 12.4 Å². The smallest absolute Gasteiger partial charge is 0.314 e. The number of esters is 1. The van der Waals surface area contributed by atoms with Crippen LogP contribution in [0.2, 0.25) is 0 Å². The molecule has 1 aliphatic rings. The molecule has 2 aromatic rings. The molecule has 2 atom stereocenters. The summed E-state index contributed by atoms with van der Waals surface area (Å²) in [4.78, 5) is 36.8. The maximum absolute atomic E-state index is 13.4. The zero-order chi connectivity index (χ0) is 21.0. The largest absolute Gasteiger partial charge is 0.496 e. The maximum atomic E-state index is 13.4. The van der Waals surface area contributed by atoms with Crippen LogP contribution in [0.25, 0.3) is 0 Å². The third-order valence-electron chi connectivity index (χ3n) is 4.65. The minimum atomic E-state index is -1.06. The Labute approximate surface area is 167 Å². The van der Waals surface area contributed by atoms with Gasteiger partial charge in [0, 0.05) is 24.2 Å². The van der Waals surface area contributed by atoms with Crippen LogP contribution in [0.1, 0.15) is 30.4 Å². The molecule has 29 heavy (non-hydrogen) atoms. The van der Waals surface area contributed by atoms with Gasteiger partial charge in [0.15, 0.2) is 6.10 Å². The van der Waals surface area contributed by atoms with E-state index in [2.05, 4.69) is 10.6 Å². The average Bonchev–Trinajstić information content (AvgIpc) is 2.71. The van der Waals surface area contributed by atoms with E-state index in [4.69, 9.17) is 9.47 Å². The second-order valence-corrected chi connectivity index (χ2v) is 6.65. The fraction of sp³-hybridized carbons (Fsp3) is 0.286. The van der Waals surface area contributed by atoms with Crippen LogP contribution in [-0.4, -0.2) is 31.0 Å². The quantitative estimate of drug-likeness (QED) is 0.727. The maximum Gasteiger partial charge on any atom is 0.314 e. The first kappa shape index (κ1) is 20.3. The second kappa shape index (κ2) is 8.72. The zero-order valence-electron chi connectivity index (χ0n) is 16.0. The van der Waals surface area contributed by atoms with Crippen LogP contribution < -0.4 is 15.4 Å². The fourth-order valence-corrected chi connectivity index (χ4v) is 3.13. The van der Waals surface area contributed by atoms with Crippen LogP contribution in [0.3, 0.4) is 0 Å². The van der Waals surface area contributed by atoms with Crippen LogP contribution in [0.4, 0.5) is 10.1 Å². The van der Waals surface area contributed by atoms with Gasteiger partial charge in [-0.25, -0.2) is 4.39 Å². The van der Waals surface area contributed by atoms with Gasteiger partial charge < -0.3 is 20.1 Å². The number of benzene rings is 2. The lowest BCUT2D eigenvalue weighted by Gasteiger charge is -2.25. The van der Waals surface area contributed by atoms with Crippen LogP contribution in [0.15, 0.2) is 42.5 Å². The minimum Gasteiger partial charge on any atom is -0.496 e. The summed E-state index contributed by atoms with van der Waals surface area (Å²) in [5, 5.41) is 5.23. The van der Waals surface area contributed by atoms with Crippen molar-refractivity contribution in [3.8, 4) is 5.75 Å².